The normalized spacial score (nSPS) is 17.4. The highest BCUT2D eigenvalue weighted by molar-refractivity contribution is 9.10. The van der Waals surface area contributed by atoms with Crippen LogP contribution in [0.4, 0.5) is 5.69 Å². The van der Waals surface area contributed by atoms with Crippen LogP contribution in [0.2, 0.25) is 5.02 Å². The van der Waals surface area contributed by atoms with Crippen molar-refractivity contribution < 1.29 is 9.53 Å². The predicted octanol–water partition coefficient (Wildman–Crippen LogP) is 4.35. The predicted molar refractivity (Wildman–Crippen MR) is 86.5 cm³/mol. The summed E-state index contributed by atoms with van der Waals surface area (Å²) < 4.78 is 6.38. The molecule has 0 aliphatic carbocycles. The Bertz CT molecular complexity index is 577. The van der Waals surface area contributed by atoms with Gasteiger partial charge in [0.2, 0.25) is 0 Å². The van der Waals surface area contributed by atoms with Crippen LogP contribution in [-0.4, -0.2) is 16.8 Å². The number of amides is 1. The lowest BCUT2D eigenvalue weighted by atomic mass is 10.3. The molecule has 0 aromatic heterocycles. The molecule has 1 amide bonds. The van der Waals surface area contributed by atoms with E-state index in [-0.39, 0.29) is 5.91 Å². The van der Waals surface area contributed by atoms with Crippen LogP contribution in [0, 0.1) is 0 Å². The Hall–Kier alpha value is -0.560. The molecule has 0 radical (unpaired) electrons. The van der Waals surface area contributed by atoms with Crippen LogP contribution >= 0.6 is 51.5 Å². The van der Waals surface area contributed by atoms with Crippen LogP contribution in [0.1, 0.15) is 6.92 Å². The van der Waals surface area contributed by atoms with Crippen LogP contribution in [-0.2, 0) is 9.53 Å². The van der Waals surface area contributed by atoms with E-state index in [1.807, 2.05) is 6.92 Å². The minimum absolute atomic E-state index is 0.193. The summed E-state index contributed by atoms with van der Waals surface area (Å²) in [6.07, 6.45) is 1.44. The van der Waals surface area contributed by atoms with Gasteiger partial charge in [-0.25, -0.2) is 0 Å². The fraction of sp³-hybridized carbons (Fsp3) is 0.167. The number of anilines is 1. The van der Waals surface area contributed by atoms with Gasteiger partial charge in [0.15, 0.2) is 4.32 Å². The van der Waals surface area contributed by atoms with Crippen molar-refractivity contribution in [1.82, 2.24) is 0 Å². The lowest BCUT2D eigenvalue weighted by Gasteiger charge is -2.15. The van der Waals surface area contributed by atoms with Gasteiger partial charge < -0.3 is 4.74 Å². The number of rotatable bonds is 3. The van der Waals surface area contributed by atoms with Gasteiger partial charge in [-0.15, -0.1) is 0 Å². The summed E-state index contributed by atoms with van der Waals surface area (Å²) in [7, 11) is 0. The summed E-state index contributed by atoms with van der Waals surface area (Å²) >= 11 is 15.8. The summed E-state index contributed by atoms with van der Waals surface area (Å²) in [6, 6.07) is 5.26. The maximum Gasteiger partial charge on any atom is 0.273 e. The number of benzene rings is 1. The zero-order valence-corrected chi connectivity index (χ0v) is 13.8. The fourth-order valence-corrected chi connectivity index (χ4v) is 3.10. The lowest BCUT2D eigenvalue weighted by Crippen LogP contribution is -2.27. The van der Waals surface area contributed by atoms with Gasteiger partial charge >= 0.3 is 0 Å². The number of carbonyl (C=O) groups is 1. The number of thioether (sulfide) groups is 1. The topological polar surface area (TPSA) is 29.5 Å². The number of hydrogen-bond acceptors (Lipinski definition) is 4. The summed E-state index contributed by atoms with van der Waals surface area (Å²) in [5, 5.41) is 0.528. The van der Waals surface area contributed by atoms with E-state index in [2.05, 4.69) is 15.9 Å². The van der Waals surface area contributed by atoms with Crippen LogP contribution in [0.5, 0.6) is 0 Å². The molecule has 7 heteroatoms. The summed E-state index contributed by atoms with van der Waals surface area (Å²) in [5.41, 5.74) is 0.649. The van der Waals surface area contributed by atoms with Crippen molar-refractivity contribution in [3.63, 3.8) is 0 Å². The third-order valence-corrected chi connectivity index (χ3v) is 4.83. The Labute approximate surface area is 134 Å². The quantitative estimate of drug-likeness (QED) is 0.444. The number of carbonyl (C=O) groups excluding carboxylic acids is 1. The number of nitrogens with zero attached hydrogens (tertiary/aromatic N) is 1. The second kappa shape index (κ2) is 6.26. The first-order valence-corrected chi connectivity index (χ1v) is 7.77. The Balaban J connectivity index is 2.32. The van der Waals surface area contributed by atoms with Gasteiger partial charge in [0, 0.05) is 4.47 Å². The number of ether oxygens (including phenoxy) is 1. The minimum Gasteiger partial charge on any atom is -0.500 e. The Morgan fingerprint density at radius 2 is 2.32 bits per heavy atom. The number of halogens is 2. The first-order valence-electron chi connectivity index (χ1n) is 5.37. The maximum atomic E-state index is 12.2. The first kappa shape index (κ1) is 14.8. The standard InChI is InChI=1S/C12H9BrClNO2S2/c1-2-17-6-10-11(16)15(12(18)19-10)7-3-4-8(13)9(14)5-7/h3-6H,2H2,1H3/b10-6+. The average Bonchev–Trinajstić information content (AvgIpc) is 2.65. The molecule has 19 heavy (non-hydrogen) atoms. The molecule has 0 atom stereocenters. The SMILES string of the molecule is CCO/C=C1/SC(=S)N(c2ccc(Br)c(Cl)c2)C1=O. The molecule has 1 heterocycles. The maximum absolute atomic E-state index is 12.2. The van der Waals surface area contributed by atoms with E-state index in [1.165, 1.54) is 22.9 Å². The smallest absolute Gasteiger partial charge is 0.273 e. The van der Waals surface area contributed by atoms with E-state index in [4.69, 9.17) is 28.6 Å². The monoisotopic (exact) mass is 377 g/mol. The van der Waals surface area contributed by atoms with E-state index in [9.17, 15) is 4.79 Å². The Kier molecular flexibility index (Phi) is 4.89. The molecule has 0 N–H and O–H groups in total. The zero-order valence-electron chi connectivity index (χ0n) is 9.85. The van der Waals surface area contributed by atoms with E-state index in [0.717, 1.165) is 4.47 Å². The first-order chi connectivity index (χ1) is 9.04. The van der Waals surface area contributed by atoms with Gasteiger partial charge in [-0.05, 0) is 41.1 Å². The van der Waals surface area contributed by atoms with Gasteiger partial charge in [-0.3, -0.25) is 9.69 Å². The molecule has 1 aliphatic rings. The third kappa shape index (κ3) is 3.13. The molecular weight excluding hydrogens is 370 g/mol. The molecule has 0 saturated carbocycles. The van der Waals surface area contributed by atoms with E-state index in [0.29, 0.717) is 26.5 Å². The molecule has 0 bridgehead atoms. The van der Waals surface area contributed by atoms with E-state index >= 15 is 0 Å². The van der Waals surface area contributed by atoms with E-state index < -0.39 is 0 Å². The van der Waals surface area contributed by atoms with Crippen molar-refractivity contribution in [3.8, 4) is 0 Å². The minimum atomic E-state index is -0.193. The Morgan fingerprint density at radius 3 is 2.95 bits per heavy atom. The fourth-order valence-electron chi connectivity index (χ4n) is 1.46. The van der Waals surface area contributed by atoms with Crippen LogP contribution in [0.3, 0.4) is 0 Å². The highest BCUT2D eigenvalue weighted by atomic mass is 79.9. The molecule has 100 valence electrons. The number of hydrogen-bond donors (Lipinski definition) is 0. The average molecular weight is 379 g/mol. The molecule has 2 rings (SSSR count). The molecule has 1 fully saturated rings. The van der Waals surface area contributed by atoms with Crippen molar-refractivity contribution in [1.29, 1.82) is 0 Å². The van der Waals surface area contributed by atoms with Crippen LogP contribution < -0.4 is 4.90 Å². The second-order valence-electron chi connectivity index (χ2n) is 3.54. The van der Waals surface area contributed by atoms with Crippen LogP contribution in [0.15, 0.2) is 33.8 Å². The lowest BCUT2D eigenvalue weighted by molar-refractivity contribution is -0.113. The Morgan fingerprint density at radius 1 is 1.58 bits per heavy atom. The van der Waals surface area contributed by atoms with Gasteiger partial charge in [0.1, 0.15) is 11.2 Å². The van der Waals surface area contributed by atoms with Gasteiger partial charge in [-0.1, -0.05) is 35.6 Å². The van der Waals surface area contributed by atoms with E-state index in [1.54, 1.807) is 18.2 Å². The van der Waals surface area contributed by atoms with Crippen molar-refractivity contribution in [2.24, 2.45) is 0 Å². The summed E-state index contributed by atoms with van der Waals surface area (Å²) in [5.74, 6) is -0.193. The molecule has 0 spiro atoms. The molecule has 1 aromatic rings. The summed E-state index contributed by atoms with van der Waals surface area (Å²) in [4.78, 5) is 14.2. The largest absolute Gasteiger partial charge is 0.500 e. The zero-order chi connectivity index (χ0) is 14.0. The molecule has 1 aromatic carbocycles. The van der Waals surface area contributed by atoms with Crippen molar-refractivity contribution >= 4 is 67.4 Å². The molecule has 1 aliphatic heterocycles. The van der Waals surface area contributed by atoms with Crippen LogP contribution in [0.25, 0.3) is 0 Å². The van der Waals surface area contributed by atoms with Gasteiger partial charge in [-0.2, -0.15) is 0 Å². The van der Waals surface area contributed by atoms with Crippen molar-refractivity contribution in [2.45, 2.75) is 6.92 Å². The second-order valence-corrected chi connectivity index (χ2v) is 6.48. The number of thiocarbonyl (C=S) groups is 1. The van der Waals surface area contributed by atoms with Crippen molar-refractivity contribution in [3.05, 3.63) is 38.9 Å². The summed E-state index contributed by atoms with van der Waals surface area (Å²) in [6.45, 7) is 2.36. The molecule has 3 nitrogen and oxygen atoms in total. The third-order valence-electron chi connectivity index (χ3n) is 2.31. The van der Waals surface area contributed by atoms with Crippen molar-refractivity contribution in [2.75, 3.05) is 11.5 Å². The molecular formula is C12H9BrClNO2S2. The highest BCUT2D eigenvalue weighted by Crippen LogP contribution is 2.37. The highest BCUT2D eigenvalue weighted by Gasteiger charge is 2.34. The van der Waals surface area contributed by atoms with Gasteiger partial charge in [0.05, 0.1) is 17.3 Å². The van der Waals surface area contributed by atoms with Gasteiger partial charge in [0.25, 0.3) is 5.91 Å². The molecule has 0 unspecified atom stereocenters. The molecule has 1 saturated heterocycles.